The third-order valence-electron chi connectivity index (χ3n) is 4.54. The molecule has 0 amide bonds. The monoisotopic (exact) mass is 435 g/mol. The molecular formula is C21H19Cl2NO5. The van der Waals surface area contributed by atoms with Gasteiger partial charge in [-0.25, -0.2) is 4.79 Å². The summed E-state index contributed by atoms with van der Waals surface area (Å²) in [6.07, 6.45) is 1.56. The van der Waals surface area contributed by atoms with Crippen molar-refractivity contribution in [2.24, 2.45) is 0 Å². The molecule has 2 N–H and O–H groups in total. The van der Waals surface area contributed by atoms with Gasteiger partial charge in [0.2, 0.25) is 5.43 Å². The Kier molecular flexibility index (Phi) is 6.79. The average Bonchev–Trinajstić information content (AvgIpc) is 2.68. The second-order valence-electron chi connectivity index (χ2n) is 6.56. The van der Waals surface area contributed by atoms with Gasteiger partial charge in [-0.3, -0.25) is 4.79 Å². The summed E-state index contributed by atoms with van der Waals surface area (Å²) in [5.41, 5.74) is 1.80. The number of unbranched alkanes of at least 4 members (excludes halogenated alkanes) is 1. The van der Waals surface area contributed by atoms with Crippen LogP contribution >= 0.6 is 23.2 Å². The number of rotatable bonds is 7. The molecule has 0 spiro atoms. The van der Waals surface area contributed by atoms with Crippen LogP contribution in [0, 0.1) is 0 Å². The first-order chi connectivity index (χ1) is 13.9. The van der Waals surface area contributed by atoms with Crippen molar-refractivity contribution in [1.82, 2.24) is 4.57 Å². The maximum atomic E-state index is 12.8. The molecule has 1 heterocycles. The van der Waals surface area contributed by atoms with Gasteiger partial charge in [0.25, 0.3) is 0 Å². The summed E-state index contributed by atoms with van der Waals surface area (Å²) >= 11 is 12.3. The third-order valence-corrected chi connectivity index (χ3v) is 5.40. The molecule has 0 fully saturated rings. The summed E-state index contributed by atoms with van der Waals surface area (Å²) in [4.78, 5) is 23.8. The minimum Gasteiger partial charge on any atom is -0.449 e. The molecule has 8 heteroatoms. The van der Waals surface area contributed by atoms with Crippen LogP contribution in [0.1, 0.15) is 24.0 Å². The lowest BCUT2D eigenvalue weighted by Crippen LogP contribution is -2.16. The van der Waals surface area contributed by atoms with Crippen molar-refractivity contribution >= 4 is 40.3 Å². The van der Waals surface area contributed by atoms with E-state index in [2.05, 4.69) is 4.74 Å². The predicted octanol–water partition coefficient (Wildman–Crippen LogP) is 4.73. The number of halogens is 2. The molecule has 0 unspecified atom stereocenters. The van der Waals surface area contributed by atoms with Crippen molar-refractivity contribution in [3.63, 3.8) is 0 Å². The Morgan fingerprint density at radius 2 is 1.93 bits per heavy atom. The Labute approximate surface area is 176 Å². The van der Waals surface area contributed by atoms with E-state index < -0.39 is 11.6 Å². The Bertz CT molecular complexity index is 1110. The van der Waals surface area contributed by atoms with Gasteiger partial charge in [0.1, 0.15) is 0 Å². The lowest BCUT2D eigenvalue weighted by Gasteiger charge is -2.14. The number of hydrogen-bond acceptors (Lipinski definition) is 4. The Balaban J connectivity index is 2.07. The minimum atomic E-state index is -1.55. The van der Waals surface area contributed by atoms with Crippen LogP contribution in [-0.4, -0.2) is 27.5 Å². The van der Waals surface area contributed by atoms with Gasteiger partial charge in [0, 0.05) is 18.5 Å². The number of aromatic nitrogens is 1. The summed E-state index contributed by atoms with van der Waals surface area (Å²) in [6, 6.07) is 10.8. The lowest BCUT2D eigenvalue weighted by atomic mass is 10.0. The quantitative estimate of drug-likeness (QED) is 0.413. The van der Waals surface area contributed by atoms with E-state index in [1.165, 1.54) is 6.20 Å². The molecule has 0 aliphatic rings. The normalized spacial score (nSPS) is 11.0. The zero-order chi connectivity index (χ0) is 21.0. The van der Waals surface area contributed by atoms with Gasteiger partial charge in [-0.2, -0.15) is 0 Å². The zero-order valence-corrected chi connectivity index (χ0v) is 16.9. The highest BCUT2D eigenvalue weighted by Crippen LogP contribution is 2.28. The fourth-order valence-corrected chi connectivity index (χ4v) is 3.57. The van der Waals surface area contributed by atoms with E-state index in [-0.39, 0.29) is 12.4 Å². The van der Waals surface area contributed by atoms with Crippen LogP contribution in [-0.2, 0) is 13.0 Å². The molecule has 0 bridgehead atoms. The molecule has 0 radical (unpaired) electrons. The Morgan fingerprint density at radius 1 is 1.14 bits per heavy atom. The van der Waals surface area contributed by atoms with Crippen LogP contribution in [0.25, 0.3) is 10.9 Å². The average molecular weight is 436 g/mol. The van der Waals surface area contributed by atoms with E-state index in [9.17, 15) is 9.59 Å². The highest BCUT2D eigenvalue weighted by molar-refractivity contribution is 6.42. The van der Waals surface area contributed by atoms with Crippen LogP contribution < -0.4 is 10.2 Å². The molecule has 6 nitrogen and oxygen atoms in total. The minimum absolute atomic E-state index is 0.0567. The Hall–Kier alpha value is -2.54. The van der Waals surface area contributed by atoms with Crippen molar-refractivity contribution in [3.05, 3.63) is 74.0 Å². The number of benzene rings is 2. The van der Waals surface area contributed by atoms with E-state index in [0.29, 0.717) is 46.8 Å². The molecule has 0 saturated carbocycles. The van der Waals surface area contributed by atoms with Crippen molar-refractivity contribution < 1.29 is 19.7 Å². The summed E-state index contributed by atoms with van der Waals surface area (Å²) in [7, 11) is 0. The van der Waals surface area contributed by atoms with E-state index in [0.717, 1.165) is 11.1 Å². The fraction of sp³-hybridized carbons (Fsp3) is 0.238. The number of fused-ring (bicyclic) bond motifs is 1. The number of aryl methyl sites for hydroxylation is 1. The van der Waals surface area contributed by atoms with Gasteiger partial charge in [-0.05, 0) is 48.6 Å². The number of hydrogen-bond donors (Lipinski definition) is 2. The second-order valence-corrected chi connectivity index (χ2v) is 7.34. The standard InChI is InChI=1S/C21H19Cl2NO5/c22-16-5-3-4-14(19(16)23)10-13-6-7-17-15(11-13)20(26)18(29-21(27)28)12-24(17)8-1-2-9-25/h3-7,11-12,25H,1-2,8-10H2,(H,27,28). The smallest absolute Gasteiger partial charge is 0.449 e. The van der Waals surface area contributed by atoms with Gasteiger partial charge in [-0.1, -0.05) is 41.4 Å². The molecule has 0 atom stereocenters. The topological polar surface area (TPSA) is 88.8 Å². The van der Waals surface area contributed by atoms with Crippen molar-refractivity contribution in [3.8, 4) is 5.75 Å². The summed E-state index contributed by atoms with van der Waals surface area (Å²) < 4.78 is 6.45. The van der Waals surface area contributed by atoms with Gasteiger partial charge in [-0.15, -0.1) is 0 Å². The Morgan fingerprint density at radius 3 is 2.66 bits per heavy atom. The first kappa shape index (κ1) is 21.2. The largest absolute Gasteiger partial charge is 0.511 e. The van der Waals surface area contributed by atoms with Gasteiger partial charge in [0.05, 0.1) is 21.8 Å². The first-order valence-electron chi connectivity index (χ1n) is 9.01. The molecule has 29 heavy (non-hydrogen) atoms. The predicted molar refractivity (Wildman–Crippen MR) is 112 cm³/mol. The molecule has 0 aliphatic heterocycles. The zero-order valence-electron chi connectivity index (χ0n) is 15.4. The van der Waals surface area contributed by atoms with Crippen LogP contribution in [0.15, 0.2) is 47.4 Å². The van der Waals surface area contributed by atoms with E-state index in [1.54, 1.807) is 22.8 Å². The SMILES string of the molecule is O=C(O)Oc1cn(CCCCO)c2ccc(Cc3cccc(Cl)c3Cl)cc2c1=O. The van der Waals surface area contributed by atoms with Crippen LogP contribution in [0.4, 0.5) is 4.79 Å². The first-order valence-corrected chi connectivity index (χ1v) is 9.77. The third kappa shape index (κ3) is 4.90. The number of carbonyl (C=O) groups is 1. The van der Waals surface area contributed by atoms with Crippen LogP contribution in [0.2, 0.25) is 10.0 Å². The molecule has 152 valence electrons. The summed E-state index contributed by atoms with van der Waals surface area (Å²) in [6.45, 7) is 0.563. The van der Waals surface area contributed by atoms with E-state index in [4.69, 9.17) is 33.4 Å². The fourth-order valence-electron chi connectivity index (χ4n) is 3.18. The summed E-state index contributed by atoms with van der Waals surface area (Å²) in [5, 5.41) is 19.2. The number of nitrogens with zero attached hydrogens (tertiary/aromatic N) is 1. The molecule has 3 aromatic rings. The van der Waals surface area contributed by atoms with Crippen LogP contribution in [0.3, 0.4) is 0 Å². The molecule has 1 aromatic heterocycles. The highest BCUT2D eigenvalue weighted by atomic mass is 35.5. The molecular weight excluding hydrogens is 417 g/mol. The number of aliphatic hydroxyl groups is 1. The van der Waals surface area contributed by atoms with Gasteiger partial charge in [0.15, 0.2) is 5.75 Å². The van der Waals surface area contributed by atoms with Crippen molar-refractivity contribution in [2.45, 2.75) is 25.8 Å². The molecule has 2 aromatic carbocycles. The highest BCUT2D eigenvalue weighted by Gasteiger charge is 2.14. The van der Waals surface area contributed by atoms with E-state index >= 15 is 0 Å². The number of carboxylic acid groups (broad SMARTS) is 1. The van der Waals surface area contributed by atoms with Gasteiger partial charge < -0.3 is 19.5 Å². The van der Waals surface area contributed by atoms with Crippen LogP contribution in [0.5, 0.6) is 5.75 Å². The number of aliphatic hydroxyl groups excluding tert-OH is 1. The molecule has 3 rings (SSSR count). The number of ether oxygens (including phenoxy) is 1. The molecule has 0 aliphatic carbocycles. The van der Waals surface area contributed by atoms with E-state index in [1.807, 2.05) is 18.2 Å². The second kappa shape index (κ2) is 9.31. The summed E-state index contributed by atoms with van der Waals surface area (Å²) in [5.74, 6) is -0.257. The molecule has 0 saturated heterocycles. The van der Waals surface area contributed by atoms with Gasteiger partial charge >= 0.3 is 6.16 Å². The lowest BCUT2D eigenvalue weighted by molar-refractivity contribution is 0.143. The van der Waals surface area contributed by atoms with Crippen molar-refractivity contribution in [1.29, 1.82) is 0 Å². The maximum Gasteiger partial charge on any atom is 0.511 e. The number of pyridine rings is 1. The van der Waals surface area contributed by atoms with Crippen molar-refractivity contribution in [2.75, 3.05) is 6.61 Å². The maximum absolute atomic E-state index is 12.8.